The van der Waals surface area contributed by atoms with E-state index in [-0.39, 0.29) is 18.0 Å². The van der Waals surface area contributed by atoms with Crippen molar-refractivity contribution in [2.75, 3.05) is 14.1 Å². The molecule has 2 aromatic rings. The number of likely N-dealkylation sites (N-methyl/N-ethyl adjacent to an activating group) is 1. The molecule has 1 aliphatic heterocycles. The first-order chi connectivity index (χ1) is 18.9. The molecule has 5 atom stereocenters. The Hall–Kier alpha value is -3.81. The second-order valence-corrected chi connectivity index (χ2v) is 10.3. The summed E-state index contributed by atoms with van der Waals surface area (Å²) < 4.78 is 11.1. The van der Waals surface area contributed by atoms with E-state index in [0.717, 1.165) is 5.56 Å². The van der Waals surface area contributed by atoms with Crippen LogP contribution in [-0.2, 0) is 23.7 Å². The van der Waals surface area contributed by atoms with Crippen molar-refractivity contribution in [1.82, 2.24) is 20.5 Å². The lowest BCUT2D eigenvalue weighted by Gasteiger charge is -2.38. The number of nitrogens with one attached hydrogen (secondary N) is 2. The minimum Gasteiger partial charge on any atom is -0.507 e. The number of nitrogens with zero attached hydrogens (tertiary/aromatic N) is 2. The summed E-state index contributed by atoms with van der Waals surface area (Å²) in [5.74, 6) is -4.59. The van der Waals surface area contributed by atoms with Crippen molar-refractivity contribution < 1.29 is 38.7 Å². The van der Waals surface area contributed by atoms with Crippen LogP contribution in [-0.4, -0.2) is 95.3 Å². The van der Waals surface area contributed by atoms with E-state index in [9.17, 15) is 29.4 Å². The van der Waals surface area contributed by atoms with Gasteiger partial charge in [-0.25, -0.2) is 9.78 Å². The fourth-order valence-electron chi connectivity index (χ4n) is 4.38. The zero-order valence-corrected chi connectivity index (χ0v) is 23.1. The molecule has 3 unspecified atom stereocenters. The molecule has 40 heavy (non-hydrogen) atoms. The predicted molar refractivity (Wildman–Crippen MR) is 146 cm³/mol. The van der Waals surface area contributed by atoms with E-state index < -0.39 is 61.1 Å². The van der Waals surface area contributed by atoms with Crippen molar-refractivity contribution in [3.63, 3.8) is 0 Å². The number of aliphatic hydroxyl groups excluding tert-OH is 1. The Labute approximate surface area is 233 Å². The summed E-state index contributed by atoms with van der Waals surface area (Å²) >= 11 is 0. The molecule has 1 saturated heterocycles. The zero-order valence-electron chi connectivity index (χ0n) is 23.1. The van der Waals surface area contributed by atoms with Gasteiger partial charge in [-0.15, -0.1) is 0 Å². The number of amides is 2. The molecule has 1 fully saturated rings. The van der Waals surface area contributed by atoms with Gasteiger partial charge in [0.05, 0.1) is 17.7 Å². The summed E-state index contributed by atoms with van der Waals surface area (Å²) in [6.45, 7) is 5.07. The van der Waals surface area contributed by atoms with Gasteiger partial charge in [-0.1, -0.05) is 50.2 Å². The Morgan fingerprint density at radius 3 is 2.30 bits per heavy atom. The third-order valence-electron chi connectivity index (χ3n) is 6.33. The number of carboxylic acids is 1. The number of hydrogen-bond donors (Lipinski definition) is 4. The highest BCUT2D eigenvalue weighted by Crippen LogP contribution is 2.21. The Bertz CT molecular complexity index is 1210. The number of benzene rings is 1. The molecule has 0 saturated carbocycles. The number of pyridine rings is 1. The topological polar surface area (TPSA) is 167 Å². The highest BCUT2D eigenvalue weighted by atomic mass is 16.6. The van der Waals surface area contributed by atoms with Crippen LogP contribution in [0.5, 0.6) is 0 Å². The van der Waals surface area contributed by atoms with Gasteiger partial charge in [-0.2, -0.15) is 0 Å². The van der Waals surface area contributed by atoms with Crippen molar-refractivity contribution in [3.8, 4) is 11.3 Å². The number of aromatic nitrogens is 1. The molecule has 2 heterocycles. The van der Waals surface area contributed by atoms with Crippen LogP contribution in [0.1, 0.15) is 37.7 Å². The molecule has 0 radical (unpaired) electrons. The van der Waals surface area contributed by atoms with Crippen molar-refractivity contribution in [3.05, 3.63) is 54.2 Å². The molecule has 12 nitrogen and oxygen atoms in total. The monoisotopic (exact) mass is 554 g/mol. The van der Waals surface area contributed by atoms with E-state index >= 15 is 0 Å². The minimum absolute atomic E-state index is 0.0213. The molecule has 214 valence electrons. The van der Waals surface area contributed by atoms with Crippen molar-refractivity contribution in [1.29, 1.82) is 0 Å². The van der Waals surface area contributed by atoms with Crippen LogP contribution in [0.15, 0.2) is 48.5 Å². The largest absolute Gasteiger partial charge is 0.552 e. The summed E-state index contributed by atoms with van der Waals surface area (Å²) in [7, 11) is 1.66. The molecular formula is C27H35BN4O8. The van der Waals surface area contributed by atoms with Gasteiger partial charge in [0.25, 0.3) is 5.91 Å². The second-order valence-electron chi connectivity index (χ2n) is 10.3. The molecular weight excluding hydrogens is 519 g/mol. The summed E-state index contributed by atoms with van der Waals surface area (Å²) in [4.78, 5) is 56.7. The van der Waals surface area contributed by atoms with Gasteiger partial charge in [0.1, 0.15) is 17.8 Å². The molecule has 13 heteroatoms. The van der Waals surface area contributed by atoms with Crippen LogP contribution in [0, 0.1) is 5.92 Å². The first-order valence-corrected chi connectivity index (χ1v) is 13.0. The number of carbonyl (C=O) groups is 4. The molecule has 4 N–H and O–H groups in total. The van der Waals surface area contributed by atoms with Crippen LogP contribution in [0.4, 0.5) is 0 Å². The maximum Gasteiger partial charge on any atom is 0.552 e. The lowest BCUT2D eigenvalue weighted by molar-refractivity contribution is -0.165. The molecule has 3 rings (SSSR count). The van der Waals surface area contributed by atoms with Crippen molar-refractivity contribution in [2.45, 2.75) is 57.4 Å². The van der Waals surface area contributed by atoms with Gasteiger partial charge in [0, 0.05) is 5.56 Å². The Kier molecular flexibility index (Phi) is 10.4. The van der Waals surface area contributed by atoms with Gasteiger partial charge in [0.15, 0.2) is 6.10 Å². The Morgan fingerprint density at radius 1 is 1.05 bits per heavy atom. The average Bonchev–Trinajstić information content (AvgIpc) is 2.90. The van der Waals surface area contributed by atoms with Gasteiger partial charge < -0.3 is 30.2 Å². The first-order valence-electron chi connectivity index (χ1n) is 13.0. The van der Waals surface area contributed by atoms with E-state index in [1.807, 2.05) is 44.2 Å². The van der Waals surface area contributed by atoms with Gasteiger partial charge in [-0.3, -0.25) is 19.3 Å². The standard InChI is InChI=1S/C27H35BN4O8/c1-15(2)14-20(28-39-23(26(36)37)22(32(4)5)27(38)40-28)30-25(35)21(16(3)33)31-24(34)19-13-9-12-18(29-19)17-10-7-6-8-11-17/h6-13,15-16,20-23,33H,14H2,1-5H3,(H,30,35)(H,31,34)(H,36,37)/t16?,20?,21?,22-,23-/m1/s1. The molecule has 0 bridgehead atoms. The summed E-state index contributed by atoms with van der Waals surface area (Å²) in [6.07, 6.45) is -2.58. The molecule has 1 aromatic heterocycles. The third-order valence-corrected chi connectivity index (χ3v) is 6.33. The number of aliphatic hydroxyl groups is 1. The Balaban J connectivity index is 1.78. The highest BCUT2D eigenvalue weighted by molar-refractivity contribution is 6.50. The smallest absolute Gasteiger partial charge is 0.507 e. The quantitative estimate of drug-likeness (QED) is 0.291. The van der Waals surface area contributed by atoms with Crippen molar-refractivity contribution >= 4 is 30.9 Å². The van der Waals surface area contributed by atoms with Crippen LogP contribution >= 0.6 is 0 Å². The van der Waals surface area contributed by atoms with Crippen LogP contribution < -0.4 is 10.6 Å². The van der Waals surface area contributed by atoms with E-state index in [0.29, 0.717) is 5.69 Å². The Morgan fingerprint density at radius 2 is 1.73 bits per heavy atom. The van der Waals surface area contributed by atoms with E-state index in [2.05, 4.69) is 15.6 Å². The summed E-state index contributed by atoms with van der Waals surface area (Å²) in [5, 5.41) is 25.2. The van der Waals surface area contributed by atoms with E-state index in [4.69, 9.17) is 9.31 Å². The molecule has 1 aliphatic rings. The number of carbonyl (C=O) groups excluding carboxylic acids is 3. The van der Waals surface area contributed by atoms with Gasteiger partial charge >= 0.3 is 19.1 Å². The normalized spacial score (nSPS) is 19.5. The summed E-state index contributed by atoms with van der Waals surface area (Å²) in [6, 6.07) is 11.6. The number of carboxylic acid groups (broad SMARTS) is 1. The number of rotatable bonds is 11. The minimum atomic E-state index is -1.52. The van der Waals surface area contributed by atoms with Gasteiger partial charge in [-0.05, 0) is 45.5 Å². The molecule has 2 amide bonds. The average molecular weight is 554 g/mol. The lowest BCUT2D eigenvalue weighted by atomic mass is 9.72. The van der Waals surface area contributed by atoms with Gasteiger partial charge in [0.2, 0.25) is 5.91 Å². The van der Waals surface area contributed by atoms with E-state index in [1.54, 1.807) is 12.1 Å². The predicted octanol–water partition coefficient (Wildman–Crippen LogP) is 0.743. The molecule has 0 spiro atoms. The first kappa shape index (κ1) is 30.7. The van der Waals surface area contributed by atoms with Crippen molar-refractivity contribution in [2.24, 2.45) is 5.92 Å². The van der Waals surface area contributed by atoms with E-state index in [1.165, 1.54) is 32.0 Å². The SMILES string of the molecule is CC(C)CC(NC(=O)C(NC(=O)c1cccc(-c2ccccc2)n1)C(C)O)B1OC(=O)[C@H](N(C)C)[C@H](C(=O)O)O1. The third kappa shape index (κ3) is 7.65. The number of hydrogen-bond acceptors (Lipinski definition) is 9. The zero-order chi connectivity index (χ0) is 29.6. The fourth-order valence-corrected chi connectivity index (χ4v) is 4.38. The molecule has 1 aromatic carbocycles. The fraction of sp³-hybridized carbons (Fsp3) is 0.444. The number of aliphatic carboxylic acids is 1. The lowest BCUT2D eigenvalue weighted by Crippen LogP contribution is -2.65. The second kappa shape index (κ2) is 13.5. The van der Waals surface area contributed by atoms with Crippen LogP contribution in [0.2, 0.25) is 0 Å². The maximum atomic E-state index is 13.3. The van der Waals surface area contributed by atoms with Crippen LogP contribution in [0.3, 0.4) is 0 Å². The maximum absolute atomic E-state index is 13.3. The summed E-state index contributed by atoms with van der Waals surface area (Å²) in [5.41, 5.74) is 1.40. The molecule has 0 aliphatic carbocycles. The highest BCUT2D eigenvalue weighted by Gasteiger charge is 2.51. The van der Waals surface area contributed by atoms with Crippen LogP contribution in [0.25, 0.3) is 11.3 Å².